The third kappa shape index (κ3) is 5.45. The maximum absolute atomic E-state index is 13.2. The number of carbonyl (C=O) groups is 1. The van der Waals surface area contributed by atoms with Crippen LogP contribution in [0.15, 0.2) is 77.2 Å². The zero-order valence-electron chi connectivity index (χ0n) is 18.0. The molecule has 0 saturated carbocycles. The summed E-state index contributed by atoms with van der Waals surface area (Å²) in [6.07, 6.45) is 0.722. The van der Waals surface area contributed by atoms with Crippen LogP contribution in [0.2, 0.25) is 0 Å². The molecule has 4 aromatic rings. The number of nitrogens with zero attached hydrogens (tertiary/aromatic N) is 3. The van der Waals surface area contributed by atoms with Crippen molar-refractivity contribution in [2.75, 3.05) is 6.54 Å². The summed E-state index contributed by atoms with van der Waals surface area (Å²) >= 11 is 0.885. The molecule has 0 aliphatic heterocycles. The minimum Gasteiger partial charge on any atom is -0.352 e. The topological polar surface area (TPSA) is 68.9 Å². The van der Waals surface area contributed by atoms with E-state index in [1.54, 1.807) is 35.8 Å². The van der Waals surface area contributed by atoms with Crippen LogP contribution in [-0.2, 0) is 12.7 Å². The molecule has 2 aromatic heterocycles. The lowest BCUT2D eigenvalue weighted by Gasteiger charge is -2.12. The van der Waals surface area contributed by atoms with Crippen LogP contribution in [0.5, 0.6) is 0 Å². The Bertz CT molecular complexity index is 1330. The average molecular weight is 487 g/mol. The molecule has 2 aromatic carbocycles. The third-order valence-corrected chi connectivity index (χ3v) is 5.93. The van der Waals surface area contributed by atoms with Crippen LogP contribution in [0.4, 0.5) is 13.2 Å². The van der Waals surface area contributed by atoms with E-state index >= 15 is 0 Å². The van der Waals surface area contributed by atoms with E-state index in [1.165, 1.54) is 16.7 Å². The van der Waals surface area contributed by atoms with Crippen LogP contribution in [0.25, 0.3) is 16.9 Å². The minimum absolute atomic E-state index is 0.114. The number of hydrogen-bond donors (Lipinski definition) is 1. The molecule has 0 bridgehead atoms. The van der Waals surface area contributed by atoms with E-state index < -0.39 is 16.6 Å². The van der Waals surface area contributed by atoms with E-state index in [2.05, 4.69) is 10.4 Å². The summed E-state index contributed by atoms with van der Waals surface area (Å²) in [6.45, 7) is 1.27. The van der Waals surface area contributed by atoms with E-state index in [9.17, 15) is 22.8 Å². The quantitative estimate of drug-likeness (QED) is 0.357. The SMILES string of the molecule is O=C(NCCCCn1cccn1)c1cccc(-c2csc(=O)n2-c2cccc(C(F)(F)F)c2)c1. The first-order valence-corrected chi connectivity index (χ1v) is 11.4. The Morgan fingerprint density at radius 2 is 1.88 bits per heavy atom. The van der Waals surface area contributed by atoms with Crippen molar-refractivity contribution >= 4 is 17.2 Å². The van der Waals surface area contributed by atoms with E-state index in [1.807, 2.05) is 16.9 Å². The highest BCUT2D eigenvalue weighted by molar-refractivity contribution is 7.07. The van der Waals surface area contributed by atoms with Gasteiger partial charge in [0.15, 0.2) is 0 Å². The van der Waals surface area contributed by atoms with Crippen molar-refractivity contribution in [3.63, 3.8) is 0 Å². The number of rotatable bonds is 8. The molecule has 1 amide bonds. The largest absolute Gasteiger partial charge is 0.416 e. The van der Waals surface area contributed by atoms with Gasteiger partial charge in [-0.15, -0.1) is 0 Å². The predicted octanol–water partition coefficient (Wildman–Crippen LogP) is 4.99. The smallest absolute Gasteiger partial charge is 0.352 e. The lowest BCUT2D eigenvalue weighted by atomic mass is 10.1. The van der Waals surface area contributed by atoms with Gasteiger partial charge >= 0.3 is 11.0 Å². The molecule has 0 radical (unpaired) electrons. The first-order chi connectivity index (χ1) is 16.3. The highest BCUT2D eigenvalue weighted by Gasteiger charge is 2.30. The van der Waals surface area contributed by atoms with E-state index in [0.29, 0.717) is 23.4 Å². The number of thiazole rings is 1. The van der Waals surface area contributed by atoms with Crippen molar-refractivity contribution in [2.45, 2.75) is 25.6 Å². The van der Waals surface area contributed by atoms with Crippen molar-refractivity contribution in [3.8, 4) is 16.9 Å². The van der Waals surface area contributed by atoms with Crippen LogP contribution < -0.4 is 10.2 Å². The van der Waals surface area contributed by atoms with Crippen molar-refractivity contribution in [1.82, 2.24) is 19.7 Å². The van der Waals surface area contributed by atoms with Gasteiger partial charge in [0.05, 0.1) is 16.9 Å². The van der Waals surface area contributed by atoms with E-state index in [-0.39, 0.29) is 11.6 Å². The highest BCUT2D eigenvalue weighted by atomic mass is 32.1. The summed E-state index contributed by atoms with van der Waals surface area (Å²) in [6, 6.07) is 13.2. The fourth-order valence-electron chi connectivity index (χ4n) is 3.53. The maximum Gasteiger partial charge on any atom is 0.416 e. The number of alkyl halides is 3. The van der Waals surface area contributed by atoms with Gasteiger partial charge in [-0.1, -0.05) is 29.5 Å². The van der Waals surface area contributed by atoms with Gasteiger partial charge in [0.1, 0.15) is 0 Å². The predicted molar refractivity (Wildman–Crippen MR) is 124 cm³/mol. The number of benzene rings is 2. The molecule has 0 spiro atoms. The molecule has 176 valence electrons. The van der Waals surface area contributed by atoms with Gasteiger partial charge in [0.25, 0.3) is 5.91 Å². The van der Waals surface area contributed by atoms with Gasteiger partial charge in [-0.05, 0) is 49.2 Å². The average Bonchev–Trinajstić information content (AvgIpc) is 3.48. The highest BCUT2D eigenvalue weighted by Crippen LogP contribution is 2.31. The lowest BCUT2D eigenvalue weighted by molar-refractivity contribution is -0.137. The zero-order valence-corrected chi connectivity index (χ0v) is 18.8. The molecule has 6 nitrogen and oxygen atoms in total. The van der Waals surface area contributed by atoms with Crippen molar-refractivity contribution in [1.29, 1.82) is 0 Å². The van der Waals surface area contributed by atoms with E-state index in [4.69, 9.17) is 0 Å². The number of amides is 1. The Balaban J connectivity index is 1.49. The molecular weight excluding hydrogens is 465 g/mol. The summed E-state index contributed by atoms with van der Waals surface area (Å²) < 4.78 is 42.5. The lowest BCUT2D eigenvalue weighted by Crippen LogP contribution is -2.24. The molecular formula is C24H21F3N4O2S. The Labute approximate surface area is 197 Å². The minimum atomic E-state index is -4.52. The summed E-state index contributed by atoms with van der Waals surface area (Å²) in [5, 5.41) is 8.58. The summed E-state index contributed by atoms with van der Waals surface area (Å²) in [5.41, 5.74) is 0.655. The van der Waals surface area contributed by atoms with Gasteiger partial charge in [0, 0.05) is 42.0 Å². The zero-order chi connectivity index (χ0) is 24.1. The summed E-state index contributed by atoms with van der Waals surface area (Å²) in [5.74, 6) is -0.260. The van der Waals surface area contributed by atoms with Crippen molar-refractivity contribution in [3.05, 3.63) is 93.2 Å². The second-order valence-electron chi connectivity index (χ2n) is 7.58. The fourth-order valence-corrected chi connectivity index (χ4v) is 4.29. The van der Waals surface area contributed by atoms with Crippen LogP contribution in [0.1, 0.15) is 28.8 Å². The molecule has 0 fully saturated rings. The normalized spacial score (nSPS) is 11.5. The molecule has 34 heavy (non-hydrogen) atoms. The number of aromatic nitrogens is 3. The van der Waals surface area contributed by atoms with Gasteiger partial charge in [-0.2, -0.15) is 18.3 Å². The molecule has 0 aliphatic carbocycles. The van der Waals surface area contributed by atoms with Crippen molar-refractivity contribution < 1.29 is 18.0 Å². The third-order valence-electron chi connectivity index (χ3n) is 5.21. The number of aryl methyl sites for hydroxylation is 1. The Hall–Kier alpha value is -3.66. The van der Waals surface area contributed by atoms with Crippen LogP contribution in [0.3, 0.4) is 0 Å². The molecule has 1 N–H and O–H groups in total. The first kappa shape index (κ1) is 23.5. The molecule has 4 rings (SSSR count). The number of carbonyl (C=O) groups excluding carboxylic acids is 1. The second-order valence-corrected chi connectivity index (χ2v) is 8.40. The molecule has 0 unspecified atom stereocenters. The number of unbranched alkanes of at least 4 members (excludes halogenated alkanes) is 1. The number of hydrogen-bond acceptors (Lipinski definition) is 4. The molecule has 0 aliphatic rings. The fraction of sp³-hybridized carbons (Fsp3) is 0.208. The van der Waals surface area contributed by atoms with Crippen LogP contribution in [-0.4, -0.2) is 26.8 Å². The Morgan fingerprint density at radius 3 is 2.65 bits per heavy atom. The molecule has 0 saturated heterocycles. The first-order valence-electron chi connectivity index (χ1n) is 10.6. The van der Waals surface area contributed by atoms with Gasteiger partial charge in [-0.25, -0.2) is 0 Å². The maximum atomic E-state index is 13.2. The molecule has 2 heterocycles. The Morgan fingerprint density at radius 1 is 1.06 bits per heavy atom. The van der Waals surface area contributed by atoms with Crippen molar-refractivity contribution in [2.24, 2.45) is 0 Å². The number of nitrogens with one attached hydrogen (secondary N) is 1. The van der Waals surface area contributed by atoms with Gasteiger partial charge in [-0.3, -0.25) is 18.8 Å². The van der Waals surface area contributed by atoms with Crippen LogP contribution >= 0.6 is 11.3 Å². The monoisotopic (exact) mass is 486 g/mol. The molecule has 0 atom stereocenters. The van der Waals surface area contributed by atoms with E-state index in [0.717, 1.165) is 42.9 Å². The van der Waals surface area contributed by atoms with Gasteiger partial charge < -0.3 is 5.32 Å². The number of halogens is 3. The standard InChI is InChI=1S/C24H21F3N4O2S/c25-24(26,27)19-8-4-9-20(15-19)31-21(16-34-23(31)33)17-6-3-7-18(14-17)22(32)28-10-1-2-12-30-13-5-11-29-30/h3-9,11,13-16H,1-2,10,12H2,(H,28,32). The summed E-state index contributed by atoms with van der Waals surface area (Å²) in [7, 11) is 0. The van der Waals surface area contributed by atoms with Crippen LogP contribution in [0, 0.1) is 0 Å². The summed E-state index contributed by atoms with van der Waals surface area (Å²) in [4.78, 5) is 24.7. The Kier molecular flexibility index (Phi) is 6.97. The van der Waals surface area contributed by atoms with Gasteiger partial charge in [0.2, 0.25) is 0 Å². The second kappa shape index (κ2) is 10.1. The molecule has 10 heteroatoms.